The first kappa shape index (κ1) is 16.0. The number of rotatable bonds is 4. The molecule has 2 heterocycles. The van der Waals surface area contributed by atoms with E-state index in [1.807, 2.05) is 11.0 Å². The Morgan fingerprint density at radius 1 is 1.17 bits per heavy atom. The van der Waals surface area contributed by atoms with Crippen molar-refractivity contribution in [2.45, 2.75) is 12.8 Å². The molecule has 2 aromatic rings. The minimum Gasteiger partial charge on any atom is -0.480 e. The first-order valence-corrected chi connectivity index (χ1v) is 7.77. The van der Waals surface area contributed by atoms with E-state index in [2.05, 4.69) is 4.98 Å². The molecular formula is C18H18N2O4. The van der Waals surface area contributed by atoms with Crippen molar-refractivity contribution < 1.29 is 19.4 Å². The number of likely N-dealkylation sites (tertiary alicyclic amines) is 1. The zero-order valence-electron chi connectivity index (χ0n) is 13.4. The van der Waals surface area contributed by atoms with E-state index in [0.29, 0.717) is 11.1 Å². The Morgan fingerprint density at radius 3 is 2.58 bits per heavy atom. The number of aromatic carboxylic acids is 1. The zero-order valence-corrected chi connectivity index (χ0v) is 13.4. The third kappa shape index (κ3) is 3.08. The van der Waals surface area contributed by atoms with Gasteiger partial charge < -0.3 is 14.7 Å². The standard InChI is InChI=1S/C18H18N2O4/c1-24-16-15(18(22)23)10-14(11-19-16)12-5-4-6-13(9-12)17(21)20-7-2-3-8-20/h4-6,9-11H,2-3,7-8H2,1H3,(H,22,23). The van der Waals surface area contributed by atoms with Crippen molar-refractivity contribution in [1.29, 1.82) is 0 Å². The topological polar surface area (TPSA) is 79.7 Å². The van der Waals surface area contributed by atoms with Gasteiger partial charge in [0.2, 0.25) is 5.88 Å². The average molecular weight is 326 g/mol. The monoisotopic (exact) mass is 326 g/mol. The summed E-state index contributed by atoms with van der Waals surface area (Å²) in [5.41, 5.74) is 1.97. The van der Waals surface area contributed by atoms with Crippen LogP contribution in [0.15, 0.2) is 36.5 Å². The van der Waals surface area contributed by atoms with Crippen LogP contribution in [0.25, 0.3) is 11.1 Å². The van der Waals surface area contributed by atoms with Gasteiger partial charge in [0.25, 0.3) is 5.91 Å². The van der Waals surface area contributed by atoms with Crippen LogP contribution in [0.1, 0.15) is 33.6 Å². The lowest BCUT2D eigenvalue weighted by molar-refractivity contribution is 0.0691. The number of pyridine rings is 1. The Labute approximate surface area is 139 Å². The summed E-state index contributed by atoms with van der Waals surface area (Å²) in [6.07, 6.45) is 3.62. The predicted molar refractivity (Wildman–Crippen MR) is 88.3 cm³/mol. The van der Waals surface area contributed by atoms with Crippen molar-refractivity contribution >= 4 is 11.9 Å². The first-order chi connectivity index (χ1) is 11.6. The molecule has 1 aliphatic heterocycles. The molecule has 3 rings (SSSR count). The van der Waals surface area contributed by atoms with Crippen molar-refractivity contribution in [3.05, 3.63) is 47.7 Å². The molecule has 24 heavy (non-hydrogen) atoms. The van der Waals surface area contributed by atoms with Crippen molar-refractivity contribution in [3.63, 3.8) is 0 Å². The fourth-order valence-electron chi connectivity index (χ4n) is 2.86. The number of hydrogen-bond donors (Lipinski definition) is 1. The van der Waals surface area contributed by atoms with Gasteiger partial charge in [-0.05, 0) is 36.6 Å². The SMILES string of the molecule is COc1ncc(-c2cccc(C(=O)N3CCCC3)c2)cc1C(=O)O. The fraction of sp³-hybridized carbons (Fsp3) is 0.278. The maximum absolute atomic E-state index is 12.5. The molecule has 124 valence electrons. The molecule has 0 spiro atoms. The van der Waals surface area contributed by atoms with Crippen LogP contribution in [0, 0.1) is 0 Å². The zero-order chi connectivity index (χ0) is 17.1. The molecule has 6 heteroatoms. The number of ether oxygens (including phenoxy) is 1. The molecule has 1 amide bonds. The quantitative estimate of drug-likeness (QED) is 0.934. The molecule has 0 atom stereocenters. The van der Waals surface area contributed by atoms with E-state index >= 15 is 0 Å². The molecule has 1 aromatic heterocycles. The van der Waals surface area contributed by atoms with Crippen LogP contribution >= 0.6 is 0 Å². The molecule has 1 saturated heterocycles. The first-order valence-electron chi connectivity index (χ1n) is 7.77. The van der Waals surface area contributed by atoms with Crippen molar-refractivity contribution in [3.8, 4) is 17.0 Å². The minimum atomic E-state index is -1.11. The second-order valence-corrected chi connectivity index (χ2v) is 5.67. The number of methoxy groups -OCH3 is 1. The Hall–Kier alpha value is -2.89. The van der Waals surface area contributed by atoms with E-state index in [9.17, 15) is 14.7 Å². The van der Waals surface area contributed by atoms with E-state index < -0.39 is 5.97 Å². The molecule has 1 aliphatic rings. The number of carboxylic acids is 1. The van der Waals surface area contributed by atoms with E-state index in [1.165, 1.54) is 13.2 Å². The van der Waals surface area contributed by atoms with Crippen LogP contribution in [0.2, 0.25) is 0 Å². The summed E-state index contributed by atoms with van der Waals surface area (Å²) < 4.78 is 4.97. The third-order valence-corrected chi connectivity index (χ3v) is 4.11. The molecule has 1 aromatic carbocycles. The molecule has 0 aliphatic carbocycles. The molecule has 6 nitrogen and oxygen atoms in total. The van der Waals surface area contributed by atoms with Crippen LogP contribution in [-0.4, -0.2) is 47.1 Å². The predicted octanol–water partition coefficient (Wildman–Crippen LogP) is 2.69. The van der Waals surface area contributed by atoms with Crippen molar-refractivity contribution in [1.82, 2.24) is 9.88 Å². The summed E-state index contributed by atoms with van der Waals surface area (Å²) in [5.74, 6) is -1.03. The van der Waals surface area contributed by atoms with Gasteiger partial charge in [0, 0.05) is 30.4 Å². The highest BCUT2D eigenvalue weighted by Crippen LogP contribution is 2.26. The van der Waals surface area contributed by atoms with Gasteiger partial charge in [-0.1, -0.05) is 12.1 Å². The van der Waals surface area contributed by atoms with Crippen molar-refractivity contribution in [2.24, 2.45) is 0 Å². The van der Waals surface area contributed by atoms with Gasteiger partial charge in [0.05, 0.1) is 7.11 Å². The number of aromatic nitrogens is 1. The van der Waals surface area contributed by atoms with Crippen LogP contribution in [0.4, 0.5) is 0 Å². The van der Waals surface area contributed by atoms with Gasteiger partial charge in [-0.15, -0.1) is 0 Å². The second kappa shape index (κ2) is 6.70. The maximum Gasteiger partial charge on any atom is 0.341 e. The van der Waals surface area contributed by atoms with Gasteiger partial charge in [-0.25, -0.2) is 9.78 Å². The highest BCUT2D eigenvalue weighted by atomic mass is 16.5. The minimum absolute atomic E-state index is 0.00808. The summed E-state index contributed by atoms with van der Waals surface area (Å²) in [6.45, 7) is 1.58. The number of carboxylic acid groups (broad SMARTS) is 1. The van der Waals surface area contributed by atoms with Crippen LogP contribution in [-0.2, 0) is 0 Å². The van der Waals surface area contributed by atoms with Gasteiger partial charge in [-0.2, -0.15) is 0 Å². The Morgan fingerprint density at radius 2 is 1.92 bits per heavy atom. The lowest BCUT2D eigenvalue weighted by Crippen LogP contribution is -2.27. The highest BCUT2D eigenvalue weighted by molar-refractivity contribution is 5.96. The molecule has 1 fully saturated rings. The summed E-state index contributed by atoms with van der Waals surface area (Å²) in [6, 6.07) is 8.68. The number of amides is 1. The molecular weight excluding hydrogens is 308 g/mol. The maximum atomic E-state index is 12.5. The normalized spacial score (nSPS) is 13.8. The summed E-state index contributed by atoms with van der Waals surface area (Å²) in [7, 11) is 1.38. The lowest BCUT2D eigenvalue weighted by atomic mass is 10.0. The highest BCUT2D eigenvalue weighted by Gasteiger charge is 2.20. The largest absolute Gasteiger partial charge is 0.480 e. The average Bonchev–Trinajstić information content (AvgIpc) is 3.15. The number of carbonyl (C=O) groups excluding carboxylic acids is 1. The van der Waals surface area contributed by atoms with Crippen molar-refractivity contribution in [2.75, 3.05) is 20.2 Å². The lowest BCUT2D eigenvalue weighted by Gasteiger charge is -2.15. The van der Waals surface area contributed by atoms with Gasteiger partial charge in [0.15, 0.2) is 0 Å². The Balaban J connectivity index is 1.95. The molecule has 1 N–H and O–H groups in total. The van der Waals surface area contributed by atoms with Gasteiger partial charge in [0.1, 0.15) is 5.56 Å². The van der Waals surface area contributed by atoms with E-state index in [-0.39, 0.29) is 17.4 Å². The molecule has 0 saturated carbocycles. The number of hydrogen-bond acceptors (Lipinski definition) is 4. The fourth-order valence-corrected chi connectivity index (χ4v) is 2.86. The van der Waals surface area contributed by atoms with Gasteiger partial charge in [-0.3, -0.25) is 4.79 Å². The summed E-state index contributed by atoms with van der Waals surface area (Å²) >= 11 is 0. The summed E-state index contributed by atoms with van der Waals surface area (Å²) in [5, 5.41) is 9.27. The number of carbonyl (C=O) groups is 2. The second-order valence-electron chi connectivity index (χ2n) is 5.67. The van der Waals surface area contributed by atoms with E-state index in [1.54, 1.807) is 24.4 Å². The number of nitrogens with zero attached hydrogens (tertiary/aromatic N) is 2. The van der Waals surface area contributed by atoms with Crippen LogP contribution < -0.4 is 4.74 Å². The third-order valence-electron chi connectivity index (χ3n) is 4.11. The Bertz CT molecular complexity index is 782. The van der Waals surface area contributed by atoms with E-state index in [0.717, 1.165) is 31.5 Å². The smallest absolute Gasteiger partial charge is 0.341 e. The summed E-state index contributed by atoms with van der Waals surface area (Å²) in [4.78, 5) is 29.7. The molecule has 0 unspecified atom stereocenters. The van der Waals surface area contributed by atoms with Crippen LogP contribution in [0.5, 0.6) is 5.88 Å². The van der Waals surface area contributed by atoms with E-state index in [4.69, 9.17) is 4.74 Å². The van der Waals surface area contributed by atoms with Gasteiger partial charge >= 0.3 is 5.97 Å². The number of benzene rings is 1. The molecule has 0 radical (unpaired) electrons. The Kier molecular flexibility index (Phi) is 4.46. The van der Waals surface area contributed by atoms with Crippen LogP contribution in [0.3, 0.4) is 0 Å². The molecule has 0 bridgehead atoms.